The van der Waals surface area contributed by atoms with E-state index in [0.717, 1.165) is 42.4 Å². The van der Waals surface area contributed by atoms with Crippen LogP contribution in [0.4, 0.5) is 0 Å². The van der Waals surface area contributed by atoms with Gasteiger partial charge in [-0.3, -0.25) is 4.79 Å². The van der Waals surface area contributed by atoms with Crippen molar-refractivity contribution in [3.8, 4) is 0 Å². The van der Waals surface area contributed by atoms with E-state index in [0.29, 0.717) is 5.78 Å². The number of ketones is 1. The standard InChI is InChI=1S/C13H14BrNO/c14-11-3-1-2-9-10(11)8-13(12(9)16)4-6-15-7-5-13/h1-3,15H,4-8H2. The fourth-order valence-electron chi connectivity index (χ4n) is 2.96. The summed E-state index contributed by atoms with van der Waals surface area (Å²) in [6.07, 6.45) is 2.88. The molecule has 2 aliphatic rings. The highest BCUT2D eigenvalue weighted by Gasteiger charge is 2.46. The largest absolute Gasteiger partial charge is 0.317 e. The second kappa shape index (κ2) is 3.67. The molecule has 1 aliphatic heterocycles. The number of carbonyl (C=O) groups is 1. The number of nitrogens with one attached hydrogen (secondary N) is 1. The van der Waals surface area contributed by atoms with Gasteiger partial charge in [0.2, 0.25) is 0 Å². The van der Waals surface area contributed by atoms with Gasteiger partial charge in [0.05, 0.1) is 0 Å². The molecule has 1 spiro atoms. The van der Waals surface area contributed by atoms with Crippen LogP contribution >= 0.6 is 15.9 Å². The van der Waals surface area contributed by atoms with Gasteiger partial charge in [-0.2, -0.15) is 0 Å². The van der Waals surface area contributed by atoms with E-state index >= 15 is 0 Å². The van der Waals surface area contributed by atoms with Crippen molar-refractivity contribution in [3.05, 3.63) is 33.8 Å². The molecule has 1 N–H and O–H groups in total. The zero-order chi connectivity index (χ0) is 11.2. The molecule has 0 bridgehead atoms. The fraction of sp³-hybridized carbons (Fsp3) is 0.462. The molecule has 1 saturated heterocycles. The number of piperidine rings is 1. The Morgan fingerprint density at radius 3 is 2.69 bits per heavy atom. The lowest BCUT2D eigenvalue weighted by molar-refractivity contribution is 0.0762. The monoisotopic (exact) mass is 279 g/mol. The van der Waals surface area contributed by atoms with E-state index in [-0.39, 0.29) is 5.41 Å². The van der Waals surface area contributed by atoms with Crippen molar-refractivity contribution in [2.24, 2.45) is 5.41 Å². The molecule has 1 aromatic rings. The highest BCUT2D eigenvalue weighted by Crippen LogP contribution is 2.45. The number of hydrogen-bond acceptors (Lipinski definition) is 2. The molecule has 0 aromatic heterocycles. The van der Waals surface area contributed by atoms with Gasteiger partial charge in [0.25, 0.3) is 0 Å². The summed E-state index contributed by atoms with van der Waals surface area (Å²) in [4.78, 5) is 12.5. The Bertz CT molecular complexity index is 449. The third-order valence-electron chi connectivity index (χ3n) is 3.92. The maximum atomic E-state index is 12.5. The smallest absolute Gasteiger partial charge is 0.169 e. The van der Waals surface area contributed by atoms with Crippen LogP contribution in [0.15, 0.2) is 22.7 Å². The summed E-state index contributed by atoms with van der Waals surface area (Å²) in [5.74, 6) is 0.366. The third kappa shape index (κ3) is 1.38. The van der Waals surface area contributed by atoms with Crippen molar-refractivity contribution in [2.45, 2.75) is 19.3 Å². The van der Waals surface area contributed by atoms with Crippen LogP contribution in [0.5, 0.6) is 0 Å². The average molecular weight is 280 g/mol. The van der Waals surface area contributed by atoms with Gasteiger partial charge in [-0.25, -0.2) is 0 Å². The van der Waals surface area contributed by atoms with E-state index in [1.807, 2.05) is 18.2 Å². The molecule has 0 radical (unpaired) electrons. The Hall–Kier alpha value is -0.670. The first-order valence-corrected chi connectivity index (χ1v) is 6.55. The highest BCUT2D eigenvalue weighted by molar-refractivity contribution is 9.10. The molecular weight excluding hydrogens is 266 g/mol. The van der Waals surface area contributed by atoms with Crippen molar-refractivity contribution in [3.63, 3.8) is 0 Å². The first-order valence-electron chi connectivity index (χ1n) is 5.76. The molecular formula is C13H14BrNO. The lowest BCUT2D eigenvalue weighted by Crippen LogP contribution is -2.40. The summed E-state index contributed by atoms with van der Waals surface area (Å²) < 4.78 is 1.09. The van der Waals surface area contributed by atoms with Crippen molar-refractivity contribution in [2.75, 3.05) is 13.1 Å². The number of fused-ring (bicyclic) bond motifs is 1. The van der Waals surface area contributed by atoms with Crippen LogP contribution in [-0.4, -0.2) is 18.9 Å². The first-order chi connectivity index (χ1) is 7.73. The maximum Gasteiger partial charge on any atom is 0.169 e. The minimum absolute atomic E-state index is 0.0997. The Balaban J connectivity index is 2.05. The topological polar surface area (TPSA) is 29.1 Å². The molecule has 0 amide bonds. The zero-order valence-electron chi connectivity index (χ0n) is 9.05. The lowest BCUT2D eigenvalue weighted by Gasteiger charge is -2.32. The molecule has 1 heterocycles. The van der Waals surface area contributed by atoms with E-state index in [4.69, 9.17) is 0 Å². The van der Waals surface area contributed by atoms with Crippen LogP contribution in [-0.2, 0) is 6.42 Å². The number of Topliss-reactive ketones (excluding diaryl/α,β-unsaturated/α-hetero) is 1. The molecule has 2 nitrogen and oxygen atoms in total. The number of hydrogen-bond donors (Lipinski definition) is 1. The maximum absolute atomic E-state index is 12.5. The molecule has 0 saturated carbocycles. The number of rotatable bonds is 0. The van der Waals surface area contributed by atoms with Gasteiger partial charge in [-0.15, -0.1) is 0 Å². The fourth-order valence-corrected chi connectivity index (χ4v) is 3.47. The molecule has 0 unspecified atom stereocenters. The van der Waals surface area contributed by atoms with E-state index in [2.05, 4.69) is 21.2 Å². The highest BCUT2D eigenvalue weighted by atomic mass is 79.9. The van der Waals surface area contributed by atoms with Crippen LogP contribution < -0.4 is 5.32 Å². The number of carbonyl (C=O) groups excluding carboxylic acids is 1. The molecule has 1 fully saturated rings. The van der Waals surface area contributed by atoms with Crippen molar-refractivity contribution >= 4 is 21.7 Å². The van der Waals surface area contributed by atoms with Gasteiger partial charge in [0.1, 0.15) is 0 Å². The Morgan fingerprint density at radius 2 is 2.00 bits per heavy atom. The van der Waals surface area contributed by atoms with Crippen molar-refractivity contribution in [1.82, 2.24) is 5.32 Å². The summed E-state index contributed by atoms with van der Waals surface area (Å²) in [5, 5.41) is 3.33. The van der Waals surface area contributed by atoms with E-state index in [1.54, 1.807) is 0 Å². The van der Waals surface area contributed by atoms with Crippen LogP contribution in [0, 0.1) is 5.41 Å². The van der Waals surface area contributed by atoms with Crippen LogP contribution in [0.3, 0.4) is 0 Å². The van der Waals surface area contributed by atoms with Crippen molar-refractivity contribution < 1.29 is 4.79 Å². The normalized spacial score (nSPS) is 22.4. The molecule has 84 valence electrons. The molecule has 3 heteroatoms. The second-order valence-electron chi connectivity index (χ2n) is 4.80. The SMILES string of the molecule is O=C1c2cccc(Br)c2CC12CCNCC2. The summed E-state index contributed by atoms with van der Waals surface area (Å²) in [6.45, 7) is 1.94. The van der Waals surface area contributed by atoms with Crippen LogP contribution in [0.25, 0.3) is 0 Å². The summed E-state index contributed by atoms with van der Waals surface area (Å²) in [7, 11) is 0. The predicted octanol–water partition coefficient (Wildman–Crippen LogP) is 2.56. The predicted molar refractivity (Wildman–Crippen MR) is 66.7 cm³/mol. The first kappa shape index (κ1) is 10.5. The van der Waals surface area contributed by atoms with Gasteiger partial charge in [-0.05, 0) is 44.0 Å². The minimum atomic E-state index is -0.0997. The number of benzene rings is 1. The van der Waals surface area contributed by atoms with Crippen molar-refractivity contribution in [1.29, 1.82) is 0 Å². The zero-order valence-corrected chi connectivity index (χ0v) is 10.6. The van der Waals surface area contributed by atoms with Gasteiger partial charge >= 0.3 is 0 Å². The van der Waals surface area contributed by atoms with E-state index in [9.17, 15) is 4.79 Å². The number of halogens is 1. The van der Waals surface area contributed by atoms with Crippen LogP contribution in [0.1, 0.15) is 28.8 Å². The third-order valence-corrected chi connectivity index (χ3v) is 4.66. The Kier molecular flexibility index (Phi) is 2.41. The Morgan fingerprint density at radius 1 is 1.25 bits per heavy atom. The van der Waals surface area contributed by atoms with Gasteiger partial charge in [0.15, 0.2) is 5.78 Å². The summed E-state index contributed by atoms with van der Waals surface area (Å²) in [6, 6.07) is 5.96. The van der Waals surface area contributed by atoms with Gasteiger partial charge in [-0.1, -0.05) is 28.1 Å². The van der Waals surface area contributed by atoms with Gasteiger partial charge < -0.3 is 5.32 Å². The molecule has 0 atom stereocenters. The minimum Gasteiger partial charge on any atom is -0.317 e. The summed E-state index contributed by atoms with van der Waals surface area (Å²) >= 11 is 3.56. The average Bonchev–Trinajstić information content (AvgIpc) is 2.57. The van der Waals surface area contributed by atoms with E-state index < -0.39 is 0 Å². The lowest BCUT2D eigenvalue weighted by atomic mass is 9.75. The van der Waals surface area contributed by atoms with Gasteiger partial charge in [0, 0.05) is 15.5 Å². The quantitative estimate of drug-likeness (QED) is 0.791. The molecule has 1 aliphatic carbocycles. The Labute approximate surface area is 104 Å². The molecule has 16 heavy (non-hydrogen) atoms. The molecule has 1 aromatic carbocycles. The van der Waals surface area contributed by atoms with E-state index in [1.165, 1.54) is 5.56 Å². The van der Waals surface area contributed by atoms with Crippen LogP contribution in [0.2, 0.25) is 0 Å². The summed E-state index contributed by atoms with van der Waals surface area (Å²) in [5.41, 5.74) is 2.06. The molecule has 3 rings (SSSR count). The second-order valence-corrected chi connectivity index (χ2v) is 5.66.